The van der Waals surface area contributed by atoms with E-state index in [2.05, 4.69) is 15.3 Å². The van der Waals surface area contributed by atoms with Crippen LogP contribution in [0.3, 0.4) is 0 Å². The Morgan fingerprint density at radius 1 is 1.33 bits per heavy atom. The Balaban J connectivity index is 2.66. The molecule has 0 aliphatic carbocycles. The van der Waals surface area contributed by atoms with Crippen molar-refractivity contribution in [3.8, 4) is 0 Å². The van der Waals surface area contributed by atoms with E-state index in [0.29, 0.717) is 24.3 Å². The predicted octanol–water partition coefficient (Wildman–Crippen LogP) is -2.26. The van der Waals surface area contributed by atoms with Crippen LogP contribution < -0.4 is 22.3 Å². The second-order valence-electron chi connectivity index (χ2n) is 3.39. The van der Waals surface area contributed by atoms with Gasteiger partial charge in [-0.15, -0.1) is 0 Å². The van der Waals surface area contributed by atoms with Crippen LogP contribution in [-0.2, 0) is 11.3 Å². The first-order chi connectivity index (χ1) is 7.09. The van der Waals surface area contributed by atoms with Gasteiger partial charge in [0.1, 0.15) is 0 Å². The standard InChI is InChI=1S/C8H10N4O3/c9-6(13)3-1-10-2-4-5(3)11-8(15)12-7(4)14/h3,10H,1-2H2,(H2,9,13)(H2,11,12,14,15). The molecule has 0 fully saturated rings. The highest BCUT2D eigenvalue weighted by Crippen LogP contribution is 2.16. The van der Waals surface area contributed by atoms with E-state index < -0.39 is 23.1 Å². The first-order valence-electron chi connectivity index (χ1n) is 4.45. The monoisotopic (exact) mass is 210 g/mol. The highest BCUT2D eigenvalue weighted by molar-refractivity contribution is 5.82. The maximum absolute atomic E-state index is 11.4. The number of nitrogens with two attached hydrogens (primary N) is 1. The van der Waals surface area contributed by atoms with Crippen LogP contribution in [0.1, 0.15) is 17.2 Å². The number of aromatic nitrogens is 2. The van der Waals surface area contributed by atoms with Crippen LogP contribution in [0.4, 0.5) is 0 Å². The molecule has 0 saturated carbocycles. The van der Waals surface area contributed by atoms with Crippen molar-refractivity contribution in [1.29, 1.82) is 0 Å². The van der Waals surface area contributed by atoms with Gasteiger partial charge in [0.2, 0.25) is 5.91 Å². The van der Waals surface area contributed by atoms with Crippen LogP contribution in [0, 0.1) is 0 Å². The number of fused-ring (bicyclic) bond motifs is 1. The van der Waals surface area contributed by atoms with Crippen molar-refractivity contribution in [2.75, 3.05) is 6.54 Å². The quantitative estimate of drug-likeness (QED) is 0.417. The molecule has 80 valence electrons. The predicted molar refractivity (Wildman–Crippen MR) is 51.3 cm³/mol. The fourth-order valence-corrected chi connectivity index (χ4v) is 1.69. The fourth-order valence-electron chi connectivity index (χ4n) is 1.69. The van der Waals surface area contributed by atoms with E-state index in [1.807, 2.05) is 0 Å². The Morgan fingerprint density at radius 3 is 2.73 bits per heavy atom. The first-order valence-corrected chi connectivity index (χ1v) is 4.45. The van der Waals surface area contributed by atoms with Gasteiger partial charge in [0, 0.05) is 18.8 Å². The van der Waals surface area contributed by atoms with Gasteiger partial charge in [0.15, 0.2) is 0 Å². The Hall–Kier alpha value is -1.89. The van der Waals surface area contributed by atoms with E-state index in [1.54, 1.807) is 0 Å². The van der Waals surface area contributed by atoms with Crippen LogP contribution in [0.2, 0.25) is 0 Å². The molecule has 1 aromatic rings. The van der Waals surface area contributed by atoms with E-state index in [-0.39, 0.29) is 0 Å². The van der Waals surface area contributed by atoms with Gasteiger partial charge in [-0.2, -0.15) is 0 Å². The number of H-pyrrole nitrogens is 2. The minimum absolute atomic E-state index is 0.325. The Bertz CT molecular complexity index is 515. The molecule has 1 unspecified atom stereocenters. The Labute approximate surface area is 83.7 Å². The van der Waals surface area contributed by atoms with Crippen LogP contribution in [0.25, 0.3) is 0 Å². The Morgan fingerprint density at radius 2 is 2.07 bits per heavy atom. The molecule has 1 aromatic heterocycles. The first kappa shape index (κ1) is 9.66. The summed E-state index contributed by atoms with van der Waals surface area (Å²) in [5.74, 6) is -1.21. The summed E-state index contributed by atoms with van der Waals surface area (Å²) < 4.78 is 0. The number of carbonyl (C=O) groups is 1. The summed E-state index contributed by atoms with van der Waals surface area (Å²) in [7, 11) is 0. The lowest BCUT2D eigenvalue weighted by molar-refractivity contribution is -0.119. The number of carbonyl (C=O) groups excluding carboxylic acids is 1. The van der Waals surface area contributed by atoms with E-state index in [4.69, 9.17) is 5.73 Å². The fraction of sp³-hybridized carbons (Fsp3) is 0.375. The zero-order valence-electron chi connectivity index (χ0n) is 7.79. The molecule has 2 heterocycles. The minimum atomic E-state index is -0.649. The molecule has 1 atom stereocenters. The van der Waals surface area contributed by atoms with Crippen molar-refractivity contribution in [3.63, 3.8) is 0 Å². The van der Waals surface area contributed by atoms with Crippen LogP contribution in [0.15, 0.2) is 9.59 Å². The Kier molecular flexibility index (Phi) is 2.16. The van der Waals surface area contributed by atoms with E-state index in [1.165, 1.54) is 0 Å². The zero-order chi connectivity index (χ0) is 11.0. The molecule has 0 bridgehead atoms. The van der Waals surface area contributed by atoms with Crippen molar-refractivity contribution < 1.29 is 4.79 Å². The van der Waals surface area contributed by atoms with E-state index >= 15 is 0 Å². The third-order valence-electron chi connectivity index (χ3n) is 2.42. The summed E-state index contributed by atoms with van der Waals surface area (Å²) in [6.07, 6.45) is 0. The van der Waals surface area contributed by atoms with Crippen molar-refractivity contribution >= 4 is 5.91 Å². The molecular weight excluding hydrogens is 200 g/mol. The molecule has 0 saturated heterocycles. The average molecular weight is 210 g/mol. The number of hydrogen-bond donors (Lipinski definition) is 4. The average Bonchev–Trinajstić information content (AvgIpc) is 2.16. The van der Waals surface area contributed by atoms with Gasteiger partial charge in [0.25, 0.3) is 5.56 Å². The van der Waals surface area contributed by atoms with Crippen LogP contribution >= 0.6 is 0 Å². The summed E-state index contributed by atoms with van der Waals surface area (Å²) in [6, 6.07) is 0. The van der Waals surface area contributed by atoms with Crippen molar-refractivity contribution in [3.05, 3.63) is 32.1 Å². The summed E-state index contributed by atoms with van der Waals surface area (Å²) in [6.45, 7) is 0.660. The molecule has 15 heavy (non-hydrogen) atoms. The molecule has 5 N–H and O–H groups in total. The largest absolute Gasteiger partial charge is 0.369 e. The number of aromatic amines is 2. The summed E-state index contributed by atoms with van der Waals surface area (Å²) >= 11 is 0. The SMILES string of the molecule is NC(=O)C1CNCc2c1[nH]c(=O)[nH]c2=O. The lowest BCUT2D eigenvalue weighted by atomic mass is 9.96. The molecule has 1 amide bonds. The van der Waals surface area contributed by atoms with Gasteiger partial charge in [-0.25, -0.2) is 4.79 Å². The van der Waals surface area contributed by atoms with Gasteiger partial charge >= 0.3 is 5.69 Å². The van der Waals surface area contributed by atoms with Crippen LogP contribution in [-0.4, -0.2) is 22.4 Å². The summed E-state index contributed by atoms with van der Waals surface area (Å²) in [5, 5.41) is 2.89. The van der Waals surface area contributed by atoms with Gasteiger partial charge in [-0.05, 0) is 0 Å². The van der Waals surface area contributed by atoms with Gasteiger partial charge in [-0.1, -0.05) is 0 Å². The topological polar surface area (TPSA) is 121 Å². The smallest absolute Gasteiger partial charge is 0.325 e. The van der Waals surface area contributed by atoms with Crippen molar-refractivity contribution in [1.82, 2.24) is 15.3 Å². The number of amides is 1. The maximum Gasteiger partial charge on any atom is 0.325 e. The number of nitrogens with one attached hydrogen (secondary N) is 3. The minimum Gasteiger partial charge on any atom is -0.369 e. The number of hydrogen-bond acceptors (Lipinski definition) is 4. The normalized spacial score (nSPS) is 19.6. The molecule has 0 aromatic carbocycles. The molecule has 1 aliphatic rings. The molecule has 1 aliphatic heterocycles. The maximum atomic E-state index is 11.4. The number of rotatable bonds is 1. The van der Waals surface area contributed by atoms with Gasteiger partial charge < -0.3 is 16.0 Å². The van der Waals surface area contributed by atoms with Gasteiger partial charge in [0.05, 0.1) is 11.5 Å². The lowest BCUT2D eigenvalue weighted by Gasteiger charge is -2.22. The highest BCUT2D eigenvalue weighted by atomic mass is 16.2. The number of primary amides is 1. The van der Waals surface area contributed by atoms with E-state index in [9.17, 15) is 14.4 Å². The van der Waals surface area contributed by atoms with Crippen LogP contribution in [0.5, 0.6) is 0 Å². The molecule has 7 heteroatoms. The molecule has 0 radical (unpaired) electrons. The highest BCUT2D eigenvalue weighted by Gasteiger charge is 2.27. The van der Waals surface area contributed by atoms with Crippen molar-refractivity contribution in [2.24, 2.45) is 5.73 Å². The second-order valence-corrected chi connectivity index (χ2v) is 3.39. The van der Waals surface area contributed by atoms with Gasteiger partial charge in [-0.3, -0.25) is 14.6 Å². The lowest BCUT2D eigenvalue weighted by Crippen LogP contribution is -2.42. The second kappa shape index (κ2) is 3.35. The molecule has 0 spiro atoms. The zero-order valence-corrected chi connectivity index (χ0v) is 7.79. The third kappa shape index (κ3) is 1.57. The summed E-state index contributed by atoms with van der Waals surface area (Å²) in [4.78, 5) is 38.1. The third-order valence-corrected chi connectivity index (χ3v) is 2.42. The molecule has 7 nitrogen and oxygen atoms in total. The van der Waals surface area contributed by atoms with E-state index in [0.717, 1.165) is 0 Å². The van der Waals surface area contributed by atoms with Crippen molar-refractivity contribution in [2.45, 2.75) is 12.5 Å². The summed E-state index contributed by atoms with van der Waals surface area (Å²) in [5.41, 5.74) is 4.77. The molecular formula is C8H10N4O3. The molecule has 2 rings (SSSR count).